The molecule has 2 aromatic rings. The van der Waals surface area contributed by atoms with Gasteiger partial charge in [-0.05, 0) is 34.1 Å². The number of halogens is 4. The van der Waals surface area contributed by atoms with Crippen molar-refractivity contribution in [3.8, 4) is 0 Å². The Morgan fingerprint density at radius 3 is 2.45 bits per heavy atom. The molecule has 0 aliphatic heterocycles. The zero-order valence-corrected chi connectivity index (χ0v) is 11.3. The lowest BCUT2D eigenvalue weighted by atomic mass is 10.1. The second-order valence-corrected chi connectivity index (χ2v) is 4.69. The van der Waals surface area contributed by atoms with Gasteiger partial charge in [0, 0.05) is 6.07 Å². The zero-order chi connectivity index (χ0) is 14.9. The maximum absolute atomic E-state index is 13.7. The third-order valence-electron chi connectivity index (χ3n) is 2.51. The Morgan fingerprint density at radius 2 is 1.80 bits per heavy atom. The van der Waals surface area contributed by atoms with Gasteiger partial charge in [0.05, 0.1) is 21.4 Å². The van der Waals surface area contributed by atoms with Crippen LogP contribution in [0.4, 0.5) is 24.5 Å². The van der Waals surface area contributed by atoms with E-state index >= 15 is 0 Å². The molecule has 0 bridgehead atoms. The summed E-state index contributed by atoms with van der Waals surface area (Å²) in [6.07, 6.45) is 0. The summed E-state index contributed by atoms with van der Waals surface area (Å²) in [4.78, 5) is 11.0. The van der Waals surface area contributed by atoms with Crippen molar-refractivity contribution in [3.05, 3.63) is 57.8 Å². The van der Waals surface area contributed by atoms with Crippen molar-refractivity contribution in [1.29, 1.82) is 0 Å². The van der Waals surface area contributed by atoms with Crippen LogP contribution in [0.1, 0.15) is 10.4 Å². The number of benzene rings is 2. The summed E-state index contributed by atoms with van der Waals surface area (Å²) in [6.45, 7) is 0. The van der Waals surface area contributed by atoms with Gasteiger partial charge in [0.15, 0.2) is 0 Å². The molecule has 0 aliphatic rings. The molecule has 0 spiro atoms. The Kier molecular flexibility index (Phi) is 3.99. The highest BCUT2D eigenvalue weighted by molar-refractivity contribution is 9.10. The van der Waals surface area contributed by atoms with Crippen LogP contribution in [0.25, 0.3) is 0 Å². The van der Waals surface area contributed by atoms with E-state index in [9.17, 15) is 18.0 Å². The molecule has 0 aliphatic carbocycles. The number of carboxylic acid groups (broad SMARTS) is 1. The van der Waals surface area contributed by atoms with E-state index in [1.807, 2.05) is 0 Å². The highest BCUT2D eigenvalue weighted by Gasteiger charge is 2.16. The maximum Gasteiger partial charge on any atom is 0.337 e. The Balaban J connectivity index is 2.50. The van der Waals surface area contributed by atoms with Crippen LogP contribution >= 0.6 is 15.9 Å². The number of anilines is 2. The van der Waals surface area contributed by atoms with Gasteiger partial charge >= 0.3 is 5.97 Å². The number of aromatic carboxylic acids is 1. The molecule has 0 unspecified atom stereocenters. The molecule has 2 aromatic carbocycles. The van der Waals surface area contributed by atoms with E-state index in [2.05, 4.69) is 21.2 Å². The summed E-state index contributed by atoms with van der Waals surface area (Å²) in [6, 6.07) is 5.09. The predicted molar refractivity (Wildman–Crippen MR) is 70.7 cm³/mol. The summed E-state index contributed by atoms with van der Waals surface area (Å²) >= 11 is 2.87. The lowest BCUT2D eigenvalue weighted by molar-refractivity contribution is 0.0697. The molecule has 0 heterocycles. The van der Waals surface area contributed by atoms with Crippen molar-refractivity contribution in [2.24, 2.45) is 0 Å². The van der Waals surface area contributed by atoms with Crippen LogP contribution in [-0.4, -0.2) is 11.1 Å². The monoisotopic (exact) mass is 345 g/mol. The number of hydrogen-bond acceptors (Lipinski definition) is 2. The van der Waals surface area contributed by atoms with Gasteiger partial charge in [0.1, 0.15) is 17.5 Å². The van der Waals surface area contributed by atoms with E-state index in [0.29, 0.717) is 6.07 Å². The minimum absolute atomic E-state index is 0.0328. The van der Waals surface area contributed by atoms with Crippen molar-refractivity contribution in [2.75, 3.05) is 5.32 Å². The lowest BCUT2D eigenvalue weighted by Gasteiger charge is -2.12. The zero-order valence-electron chi connectivity index (χ0n) is 9.75. The first-order valence-electron chi connectivity index (χ1n) is 5.33. The Labute approximate surface area is 120 Å². The Bertz CT molecular complexity index is 692. The fourth-order valence-corrected chi connectivity index (χ4v) is 1.93. The molecule has 3 nitrogen and oxygen atoms in total. The van der Waals surface area contributed by atoms with E-state index in [0.717, 1.165) is 12.1 Å². The number of nitrogens with one attached hydrogen (secondary N) is 1. The van der Waals surface area contributed by atoms with E-state index in [1.165, 1.54) is 12.1 Å². The van der Waals surface area contributed by atoms with Gasteiger partial charge in [0.2, 0.25) is 0 Å². The molecule has 20 heavy (non-hydrogen) atoms. The molecule has 0 amide bonds. The number of hydrogen-bond donors (Lipinski definition) is 2. The first kappa shape index (κ1) is 14.4. The smallest absolute Gasteiger partial charge is 0.337 e. The first-order valence-corrected chi connectivity index (χ1v) is 6.13. The second-order valence-electron chi connectivity index (χ2n) is 3.84. The average Bonchev–Trinajstić information content (AvgIpc) is 2.37. The Hall–Kier alpha value is -2.02. The largest absolute Gasteiger partial charge is 0.478 e. The molecular formula is C13H7BrF3NO2. The van der Waals surface area contributed by atoms with Crippen molar-refractivity contribution >= 4 is 33.3 Å². The highest BCUT2D eigenvalue weighted by atomic mass is 79.9. The first-order chi connectivity index (χ1) is 9.40. The normalized spacial score (nSPS) is 10.4. The summed E-state index contributed by atoms with van der Waals surface area (Å²) in [5, 5.41) is 11.3. The molecule has 2 rings (SSSR count). The highest BCUT2D eigenvalue weighted by Crippen LogP contribution is 2.29. The average molecular weight is 346 g/mol. The van der Waals surface area contributed by atoms with Crippen molar-refractivity contribution in [2.45, 2.75) is 0 Å². The van der Waals surface area contributed by atoms with Gasteiger partial charge in [-0.15, -0.1) is 0 Å². The third-order valence-corrected chi connectivity index (χ3v) is 3.12. The molecule has 0 atom stereocenters. The predicted octanol–water partition coefficient (Wildman–Crippen LogP) is 4.31. The van der Waals surface area contributed by atoms with Crippen LogP contribution in [0.5, 0.6) is 0 Å². The standard InChI is InChI=1S/C13H7BrF3NO2/c14-7-4-11(10(17)5-9(7)16)18-12-6(13(19)20)2-1-3-8(12)15/h1-5,18H,(H,19,20). The molecule has 2 N–H and O–H groups in total. The number of para-hydroxylation sites is 1. The van der Waals surface area contributed by atoms with E-state index in [4.69, 9.17) is 5.11 Å². The quantitative estimate of drug-likeness (QED) is 0.815. The molecule has 0 aromatic heterocycles. The van der Waals surface area contributed by atoms with Crippen LogP contribution < -0.4 is 5.32 Å². The van der Waals surface area contributed by atoms with Gasteiger partial charge in [-0.1, -0.05) is 6.07 Å². The molecule has 0 radical (unpaired) electrons. The lowest BCUT2D eigenvalue weighted by Crippen LogP contribution is -2.06. The molecule has 0 saturated carbocycles. The summed E-state index contributed by atoms with van der Waals surface area (Å²) in [5.74, 6) is -4.01. The number of carbonyl (C=O) groups is 1. The molecular weight excluding hydrogens is 339 g/mol. The van der Waals surface area contributed by atoms with E-state index in [1.54, 1.807) is 0 Å². The maximum atomic E-state index is 13.7. The van der Waals surface area contributed by atoms with Gasteiger partial charge in [0.25, 0.3) is 0 Å². The topological polar surface area (TPSA) is 49.3 Å². The van der Waals surface area contributed by atoms with E-state index < -0.39 is 29.1 Å². The molecule has 7 heteroatoms. The fourth-order valence-electron chi connectivity index (χ4n) is 1.58. The summed E-state index contributed by atoms with van der Waals surface area (Å²) in [5.41, 5.74) is -0.992. The second kappa shape index (κ2) is 5.54. The van der Waals surface area contributed by atoms with Gasteiger partial charge in [-0.25, -0.2) is 18.0 Å². The summed E-state index contributed by atoms with van der Waals surface area (Å²) in [7, 11) is 0. The molecule has 0 fully saturated rings. The van der Waals surface area contributed by atoms with Crippen molar-refractivity contribution < 1.29 is 23.1 Å². The SMILES string of the molecule is O=C(O)c1cccc(F)c1Nc1cc(Br)c(F)cc1F. The third kappa shape index (κ3) is 2.77. The summed E-state index contributed by atoms with van der Waals surface area (Å²) < 4.78 is 40.3. The van der Waals surface area contributed by atoms with Crippen LogP contribution in [-0.2, 0) is 0 Å². The Morgan fingerprint density at radius 1 is 1.10 bits per heavy atom. The van der Waals surface area contributed by atoms with Crippen LogP contribution in [0.15, 0.2) is 34.8 Å². The number of rotatable bonds is 3. The van der Waals surface area contributed by atoms with Gasteiger partial charge in [-0.2, -0.15) is 0 Å². The molecule has 104 valence electrons. The molecule has 0 saturated heterocycles. The minimum atomic E-state index is -1.37. The fraction of sp³-hybridized carbons (Fsp3) is 0. The van der Waals surface area contributed by atoms with Crippen molar-refractivity contribution in [1.82, 2.24) is 0 Å². The van der Waals surface area contributed by atoms with Crippen molar-refractivity contribution in [3.63, 3.8) is 0 Å². The van der Waals surface area contributed by atoms with Gasteiger partial charge < -0.3 is 10.4 Å². The van der Waals surface area contributed by atoms with Crippen LogP contribution in [0, 0.1) is 17.5 Å². The van der Waals surface area contributed by atoms with E-state index in [-0.39, 0.29) is 15.7 Å². The number of carboxylic acids is 1. The van der Waals surface area contributed by atoms with Gasteiger partial charge in [-0.3, -0.25) is 0 Å². The van der Waals surface area contributed by atoms with Crippen LogP contribution in [0.2, 0.25) is 0 Å². The minimum Gasteiger partial charge on any atom is -0.478 e. The van der Waals surface area contributed by atoms with Crippen LogP contribution in [0.3, 0.4) is 0 Å².